The van der Waals surface area contributed by atoms with E-state index in [1.807, 2.05) is 36.4 Å². The third kappa shape index (κ3) is 2.69. The summed E-state index contributed by atoms with van der Waals surface area (Å²) in [5.41, 5.74) is 2.34. The SMILES string of the molecule is COc1ccc(Nc2ccc(N3C(=O)C=CC3=O)cc2)cc1. The second-order valence-electron chi connectivity index (χ2n) is 4.75. The van der Waals surface area contributed by atoms with Crippen LogP contribution in [0.1, 0.15) is 0 Å². The molecular formula is C17H14N2O3. The average Bonchev–Trinajstić information content (AvgIpc) is 2.88. The Labute approximate surface area is 127 Å². The number of carbonyl (C=O) groups excluding carboxylic acids is 2. The molecule has 5 heteroatoms. The number of amides is 2. The second-order valence-corrected chi connectivity index (χ2v) is 4.75. The first-order chi connectivity index (χ1) is 10.7. The Balaban J connectivity index is 1.74. The summed E-state index contributed by atoms with van der Waals surface area (Å²) in [6.45, 7) is 0. The van der Waals surface area contributed by atoms with Crippen LogP contribution < -0.4 is 15.0 Å². The maximum absolute atomic E-state index is 11.6. The maximum Gasteiger partial charge on any atom is 0.258 e. The Morgan fingerprint density at radius 3 is 1.82 bits per heavy atom. The summed E-state index contributed by atoms with van der Waals surface area (Å²) in [6.07, 6.45) is 2.54. The first kappa shape index (κ1) is 13.9. The van der Waals surface area contributed by atoms with E-state index in [0.717, 1.165) is 22.0 Å². The Morgan fingerprint density at radius 2 is 1.32 bits per heavy atom. The van der Waals surface area contributed by atoms with Gasteiger partial charge in [-0.3, -0.25) is 9.59 Å². The molecule has 5 nitrogen and oxygen atoms in total. The van der Waals surface area contributed by atoms with Gasteiger partial charge in [-0.25, -0.2) is 4.90 Å². The van der Waals surface area contributed by atoms with Gasteiger partial charge in [-0.2, -0.15) is 0 Å². The van der Waals surface area contributed by atoms with Gasteiger partial charge in [0.2, 0.25) is 0 Å². The van der Waals surface area contributed by atoms with E-state index in [2.05, 4.69) is 5.32 Å². The molecule has 0 saturated heterocycles. The van der Waals surface area contributed by atoms with Crippen LogP contribution in [-0.4, -0.2) is 18.9 Å². The van der Waals surface area contributed by atoms with Crippen LogP contribution in [-0.2, 0) is 9.59 Å². The number of hydrogen-bond acceptors (Lipinski definition) is 4. The number of nitrogens with zero attached hydrogens (tertiary/aromatic N) is 1. The normalized spacial score (nSPS) is 13.6. The number of ether oxygens (including phenoxy) is 1. The van der Waals surface area contributed by atoms with Gasteiger partial charge < -0.3 is 10.1 Å². The minimum Gasteiger partial charge on any atom is -0.497 e. The highest BCUT2D eigenvalue weighted by atomic mass is 16.5. The molecule has 1 aliphatic heterocycles. The molecule has 22 heavy (non-hydrogen) atoms. The highest BCUT2D eigenvalue weighted by molar-refractivity contribution is 6.28. The van der Waals surface area contributed by atoms with Crippen molar-refractivity contribution >= 4 is 28.9 Å². The first-order valence-electron chi connectivity index (χ1n) is 6.74. The molecule has 1 heterocycles. The van der Waals surface area contributed by atoms with Crippen LogP contribution in [0, 0.1) is 0 Å². The molecule has 3 rings (SSSR count). The van der Waals surface area contributed by atoms with Crippen molar-refractivity contribution in [3.63, 3.8) is 0 Å². The van der Waals surface area contributed by atoms with Gasteiger partial charge in [0.15, 0.2) is 0 Å². The summed E-state index contributed by atoms with van der Waals surface area (Å²) in [4.78, 5) is 24.4. The standard InChI is InChI=1S/C17H14N2O3/c1-22-15-8-4-13(5-9-15)18-12-2-6-14(7-3-12)19-16(20)10-11-17(19)21/h2-11,18H,1H3. The fourth-order valence-corrected chi connectivity index (χ4v) is 2.19. The van der Waals surface area contributed by atoms with E-state index in [4.69, 9.17) is 4.74 Å². The molecule has 2 amide bonds. The van der Waals surface area contributed by atoms with Crippen molar-refractivity contribution in [1.29, 1.82) is 0 Å². The summed E-state index contributed by atoms with van der Waals surface area (Å²) >= 11 is 0. The van der Waals surface area contributed by atoms with Gasteiger partial charge >= 0.3 is 0 Å². The average molecular weight is 294 g/mol. The van der Waals surface area contributed by atoms with Crippen molar-refractivity contribution in [3.8, 4) is 5.75 Å². The monoisotopic (exact) mass is 294 g/mol. The molecule has 0 fully saturated rings. The van der Waals surface area contributed by atoms with E-state index < -0.39 is 0 Å². The summed E-state index contributed by atoms with van der Waals surface area (Å²) in [5, 5.41) is 3.24. The number of hydrogen-bond donors (Lipinski definition) is 1. The van der Waals surface area contributed by atoms with Gasteiger partial charge in [0.25, 0.3) is 11.8 Å². The van der Waals surface area contributed by atoms with Gasteiger partial charge in [0.05, 0.1) is 12.8 Å². The number of nitrogens with one attached hydrogen (secondary N) is 1. The number of imide groups is 1. The molecule has 0 spiro atoms. The largest absolute Gasteiger partial charge is 0.497 e. The second kappa shape index (κ2) is 5.73. The molecule has 2 aromatic carbocycles. The van der Waals surface area contributed by atoms with Crippen molar-refractivity contribution in [1.82, 2.24) is 0 Å². The van der Waals surface area contributed by atoms with E-state index in [1.165, 1.54) is 12.2 Å². The molecule has 0 atom stereocenters. The molecule has 0 saturated carbocycles. The topological polar surface area (TPSA) is 58.6 Å². The quantitative estimate of drug-likeness (QED) is 0.881. The lowest BCUT2D eigenvalue weighted by molar-refractivity contribution is -0.119. The summed E-state index contributed by atoms with van der Waals surface area (Å²) < 4.78 is 5.11. The number of carbonyl (C=O) groups is 2. The van der Waals surface area contributed by atoms with Crippen molar-refractivity contribution in [2.24, 2.45) is 0 Å². The Kier molecular flexibility index (Phi) is 3.62. The van der Waals surface area contributed by atoms with Crippen molar-refractivity contribution in [2.45, 2.75) is 0 Å². The zero-order valence-electron chi connectivity index (χ0n) is 11.9. The zero-order chi connectivity index (χ0) is 15.5. The predicted octanol–water partition coefficient (Wildman–Crippen LogP) is 2.87. The first-order valence-corrected chi connectivity index (χ1v) is 6.74. The molecule has 0 aliphatic carbocycles. The molecule has 0 bridgehead atoms. The lowest BCUT2D eigenvalue weighted by Gasteiger charge is -2.14. The van der Waals surface area contributed by atoms with E-state index in [9.17, 15) is 9.59 Å². The van der Waals surface area contributed by atoms with Crippen LogP contribution >= 0.6 is 0 Å². The van der Waals surface area contributed by atoms with E-state index in [-0.39, 0.29) is 11.8 Å². The Hall–Kier alpha value is -3.08. The van der Waals surface area contributed by atoms with Crippen molar-refractivity contribution in [3.05, 3.63) is 60.7 Å². The molecule has 0 radical (unpaired) electrons. The molecule has 110 valence electrons. The van der Waals surface area contributed by atoms with Crippen LogP contribution in [0.4, 0.5) is 17.1 Å². The third-order valence-electron chi connectivity index (χ3n) is 3.31. The zero-order valence-corrected chi connectivity index (χ0v) is 11.9. The molecule has 0 unspecified atom stereocenters. The summed E-state index contributed by atoms with van der Waals surface area (Å²) in [6, 6.07) is 14.6. The maximum atomic E-state index is 11.6. The highest BCUT2D eigenvalue weighted by Gasteiger charge is 2.24. The van der Waals surface area contributed by atoms with Gasteiger partial charge in [0, 0.05) is 23.5 Å². The van der Waals surface area contributed by atoms with Crippen LogP contribution in [0.25, 0.3) is 0 Å². The van der Waals surface area contributed by atoms with Crippen molar-refractivity contribution < 1.29 is 14.3 Å². The van der Waals surface area contributed by atoms with E-state index >= 15 is 0 Å². The Bertz CT molecular complexity index is 716. The number of benzene rings is 2. The molecule has 0 aromatic heterocycles. The Morgan fingerprint density at radius 1 is 0.818 bits per heavy atom. The van der Waals surface area contributed by atoms with Gasteiger partial charge in [-0.1, -0.05) is 0 Å². The fraction of sp³-hybridized carbons (Fsp3) is 0.0588. The van der Waals surface area contributed by atoms with Gasteiger partial charge in [0.1, 0.15) is 5.75 Å². The molecule has 1 N–H and O–H groups in total. The van der Waals surface area contributed by atoms with Crippen LogP contribution in [0.5, 0.6) is 5.75 Å². The van der Waals surface area contributed by atoms with E-state index in [1.54, 1.807) is 19.2 Å². The number of methoxy groups -OCH3 is 1. The number of rotatable bonds is 4. The minimum absolute atomic E-state index is 0.319. The number of anilines is 3. The van der Waals surface area contributed by atoms with Gasteiger partial charge in [-0.15, -0.1) is 0 Å². The summed E-state index contributed by atoms with van der Waals surface area (Å²) in [5.74, 6) is 0.154. The lowest BCUT2D eigenvalue weighted by Crippen LogP contribution is -2.29. The third-order valence-corrected chi connectivity index (χ3v) is 3.31. The molecule has 2 aromatic rings. The molecule has 1 aliphatic rings. The highest BCUT2D eigenvalue weighted by Crippen LogP contribution is 2.24. The van der Waals surface area contributed by atoms with Crippen molar-refractivity contribution in [2.75, 3.05) is 17.3 Å². The van der Waals surface area contributed by atoms with Crippen LogP contribution in [0.2, 0.25) is 0 Å². The fourth-order valence-electron chi connectivity index (χ4n) is 2.19. The van der Waals surface area contributed by atoms with Crippen LogP contribution in [0.15, 0.2) is 60.7 Å². The summed E-state index contributed by atoms with van der Waals surface area (Å²) in [7, 11) is 1.62. The molecular weight excluding hydrogens is 280 g/mol. The predicted molar refractivity (Wildman–Crippen MR) is 84.4 cm³/mol. The minimum atomic E-state index is -0.319. The van der Waals surface area contributed by atoms with Crippen LogP contribution in [0.3, 0.4) is 0 Å². The lowest BCUT2D eigenvalue weighted by atomic mass is 10.2. The smallest absolute Gasteiger partial charge is 0.258 e. The van der Waals surface area contributed by atoms with E-state index in [0.29, 0.717) is 5.69 Å². The van der Waals surface area contributed by atoms with Gasteiger partial charge in [-0.05, 0) is 48.5 Å².